The van der Waals surface area contributed by atoms with Crippen molar-refractivity contribution in [3.8, 4) is 5.75 Å². The van der Waals surface area contributed by atoms with E-state index in [2.05, 4.69) is 16.0 Å². The molecule has 130 valence electrons. The number of carbonyl (C=O) groups excluding carboxylic acids is 1. The van der Waals surface area contributed by atoms with E-state index in [0.717, 1.165) is 36.1 Å². The highest BCUT2D eigenvalue weighted by Gasteiger charge is 2.10. The van der Waals surface area contributed by atoms with Crippen LogP contribution in [0.25, 0.3) is 11.0 Å². The summed E-state index contributed by atoms with van der Waals surface area (Å²) in [5.74, 6) is 1.68. The summed E-state index contributed by atoms with van der Waals surface area (Å²) >= 11 is 6.13. The quantitative estimate of drug-likeness (QED) is 0.471. The topological polar surface area (TPSA) is 56.2 Å². The van der Waals surface area contributed by atoms with Crippen molar-refractivity contribution in [1.29, 1.82) is 0 Å². The average molecular weight is 358 g/mol. The maximum absolute atomic E-state index is 10.4. The van der Waals surface area contributed by atoms with Gasteiger partial charge in [-0.1, -0.05) is 35.9 Å². The summed E-state index contributed by atoms with van der Waals surface area (Å²) < 4.78 is 7.99. The number of aryl methyl sites for hydroxylation is 1. The number of imidazole rings is 1. The lowest BCUT2D eigenvalue weighted by Crippen LogP contribution is -2.15. The molecule has 0 aliphatic carbocycles. The largest absolute Gasteiger partial charge is 0.490 e. The Bertz CT molecular complexity index is 848. The van der Waals surface area contributed by atoms with Crippen LogP contribution in [0.4, 0.5) is 0 Å². The van der Waals surface area contributed by atoms with Crippen LogP contribution in [-0.4, -0.2) is 29.1 Å². The first-order valence-electron chi connectivity index (χ1n) is 8.28. The third kappa shape index (κ3) is 4.31. The number of rotatable bonds is 9. The van der Waals surface area contributed by atoms with E-state index in [0.29, 0.717) is 30.5 Å². The van der Waals surface area contributed by atoms with Gasteiger partial charge in [0.2, 0.25) is 6.41 Å². The zero-order valence-corrected chi connectivity index (χ0v) is 14.6. The molecule has 1 amide bonds. The van der Waals surface area contributed by atoms with Gasteiger partial charge in [-0.2, -0.15) is 0 Å². The van der Waals surface area contributed by atoms with E-state index in [1.807, 2.05) is 42.5 Å². The molecule has 6 heteroatoms. The van der Waals surface area contributed by atoms with Crippen molar-refractivity contribution >= 4 is 29.0 Å². The Hall–Kier alpha value is -2.53. The van der Waals surface area contributed by atoms with Crippen molar-refractivity contribution < 1.29 is 9.53 Å². The van der Waals surface area contributed by atoms with E-state index in [1.165, 1.54) is 0 Å². The number of hydrogen-bond donors (Lipinski definition) is 1. The molecule has 3 rings (SSSR count). The van der Waals surface area contributed by atoms with Gasteiger partial charge in [-0.3, -0.25) is 4.79 Å². The summed E-state index contributed by atoms with van der Waals surface area (Å²) in [5, 5.41) is 3.30. The number of benzene rings is 2. The highest BCUT2D eigenvalue weighted by atomic mass is 35.5. The number of nitrogens with one attached hydrogen (secondary N) is 1. The molecule has 1 heterocycles. The molecule has 0 aliphatic heterocycles. The van der Waals surface area contributed by atoms with Crippen LogP contribution in [0.5, 0.6) is 5.75 Å². The Morgan fingerprint density at radius 3 is 2.80 bits per heavy atom. The summed E-state index contributed by atoms with van der Waals surface area (Å²) in [4.78, 5) is 15.1. The van der Waals surface area contributed by atoms with E-state index >= 15 is 0 Å². The molecule has 0 bridgehead atoms. The van der Waals surface area contributed by atoms with Crippen molar-refractivity contribution in [2.24, 2.45) is 0 Å². The molecule has 0 radical (unpaired) electrons. The van der Waals surface area contributed by atoms with Crippen LogP contribution >= 0.6 is 11.6 Å². The smallest absolute Gasteiger partial charge is 0.207 e. The van der Waals surface area contributed by atoms with E-state index in [-0.39, 0.29) is 0 Å². The standard InChI is InChI=1S/C19H20ClN3O2/c20-15-6-1-4-9-18(15)25-13-12-23-17-8-3-2-7-16(17)22-19(23)10-5-11-21-14-24/h1-4,6-9,14H,5,10-13H2,(H,21,24). The fourth-order valence-electron chi connectivity index (χ4n) is 2.78. The number of aromatic nitrogens is 2. The van der Waals surface area contributed by atoms with Crippen molar-refractivity contribution in [2.75, 3.05) is 13.2 Å². The molecule has 5 nitrogen and oxygen atoms in total. The van der Waals surface area contributed by atoms with Crippen molar-refractivity contribution in [3.05, 3.63) is 59.4 Å². The third-order valence-corrected chi connectivity index (χ3v) is 4.26. The minimum atomic E-state index is 0.504. The molecule has 0 spiro atoms. The Labute approximate surface area is 151 Å². The number of para-hydroxylation sites is 3. The van der Waals surface area contributed by atoms with Crippen LogP contribution in [0, 0.1) is 0 Å². The zero-order valence-electron chi connectivity index (χ0n) is 13.8. The second-order valence-corrected chi connectivity index (χ2v) is 6.03. The lowest BCUT2D eigenvalue weighted by Gasteiger charge is -2.11. The summed E-state index contributed by atoms with van der Waals surface area (Å²) in [7, 11) is 0. The van der Waals surface area contributed by atoms with Crippen LogP contribution in [0.3, 0.4) is 0 Å². The molecular weight excluding hydrogens is 338 g/mol. The summed E-state index contributed by atoms with van der Waals surface area (Å²) in [6.45, 7) is 1.83. The van der Waals surface area contributed by atoms with Gasteiger partial charge in [0, 0.05) is 13.0 Å². The lowest BCUT2D eigenvalue weighted by atomic mass is 10.3. The maximum Gasteiger partial charge on any atom is 0.207 e. The summed E-state index contributed by atoms with van der Waals surface area (Å²) in [5.41, 5.74) is 2.06. The number of ether oxygens (including phenoxy) is 1. The first-order chi connectivity index (χ1) is 12.3. The lowest BCUT2D eigenvalue weighted by molar-refractivity contribution is -0.109. The van der Waals surface area contributed by atoms with Gasteiger partial charge in [0.15, 0.2) is 0 Å². The predicted molar refractivity (Wildman–Crippen MR) is 99.1 cm³/mol. The molecule has 0 aliphatic rings. The fraction of sp³-hybridized carbons (Fsp3) is 0.263. The third-order valence-electron chi connectivity index (χ3n) is 3.95. The second-order valence-electron chi connectivity index (χ2n) is 5.62. The van der Waals surface area contributed by atoms with Crippen LogP contribution < -0.4 is 10.1 Å². The second kappa shape index (κ2) is 8.53. The molecule has 1 aromatic heterocycles. The molecule has 0 atom stereocenters. The van der Waals surface area contributed by atoms with Crippen molar-refractivity contribution in [3.63, 3.8) is 0 Å². The summed E-state index contributed by atoms with van der Waals surface area (Å²) in [6.07, 6.45) is 2.36. The minimum Gasteiger partial charge on any atom is -0.490 e. The van der Waals surface area contributed by atoms with Gasteiger partial charge in [-0.05, 0) is 30.7 Å². The van der Waals surface area contributed by atoms with Gasteiger partial charge < -0.3 is 14.6 Å². The van der Waals surface area contributed by atoms with E-state index in [9.17, 15) is 4.79 Å². The van der Waals surface area contributed by atoms with Gasteiger partial charge in [-0.25, -0.2) is 4.98 Å². The van der Waals surface area contributed by atoms with Crippen LogP contribution in [0.15, 0.2) is 48.5 Å². The number of carbonyl (C=O) groups is 1. The molecule has 2 aromatic carbocycles. The maximum atomic E-state index is 10.4. The molecule has 0 saturated heterocycles. The zero-order chi connectivity index (χ0) is 17.5. The average Bonchev–Trinajstić information content (AvgIpc) is 2.98. The monoisotopic (exact) mass is 357 g/mol. The van der Waals surface area contributed by atoms with E-state index < -0.39 is 0 Å². The highest BCUT2D eigenvalue weighted by molar-refractivity contribution is 6.32. The van der Waals surface area contributed by atoms with Gasteiger partial charge in [-0.15, -0.1) is 0 Å². The van der Waals surface area contributed by atoms with E-state index in [4.69, 9.17) is 21.3 Å². The molecule has 0 fully saturated rings. The van der Waals surface area contributed by atoms with Gasteiger partial charge in [0.25, 0.3) is 0 Å². The summed E-state index contributed by atoms with van der Waals surface area (Å²) in [6, 6.07) is 15.5. The normalized spacial score (nSPS) is 10.8. The number of halogens is 1. The predicted octanol–water partition coefficient (Wildman–Crippen LogP) is 3.45. The molecule has 0 unspecified atom stereocenters. The number of nitrogens with zero attached hydrogens (tertiary/aromatic N) is 2. The molecular formula is C19H20ClN3O2. The Kier molecular flexibility index (Phi) is 5.90. The van der Waals surface area contributed by atoms with E-state index in [1.54, 1.807) is 0 Å². The van der Waals surface area contributed by atoms with Crippen molar-refractivity contribution in [2.45, 2.75) is 19.4 Å². The Morgan fingerprint density at radius 1 is 1.16 bits per heavy atom. The minimum absolute atomic E-state index is 0.504. The molecule has 0 saturated carbocycles. The highest BCUT2D eigenvalue weighted by Crippen LogP contribution is 2.23. The number of hydrogen-bond acceptors (Lipinski definition) is 3. The van der Waals surface area contributed by atoms with Gasteiger partial charge in [0.05, 0.1) is 22.6 Å². The van der Waals surface area contributed by atoms with Crippen molar-refractivity contribution in [1.82, 2.24) is 14.9 Å². The molecule has 25 heavy (non-hydrogen) atoms. The number of amides is 1. The Morgan fingerprint density at radius 2 is 1.96 bits per heavy atom. The first-order valence-corrected chi connectivity index (χ1v) is 8.66. The number of fused-ring (bicyclic) bond motifs is 1. The van der Waals surface area contributed by atoms with Crippen LogP contribution in [-0.2, 0) is 17.8 Å². The fourth-order valence-corrected chi connectivity index (χ4v) is 2.97. The first kappa shape index (κ1) is 17.3. The van der Waals surface area contributed by atoms with Gasteiger partial charge in [0.1, 0.15) is 18.2 Å². The molecule has 1 N–H and O–H groups in total. The SMILES string of the molecule is O=CNCCCc1nc2ccccc2n1CCOc1ccccc1Cl. The van der Waals surface area contributed by atoms with Crippen LogP contribution in [0.1, 0.15) is 12.2 Å². The van der Waals surface area contributed by atoms with Gasteiger partial charge >= 0.3 is 0 Å². The van der Waals surface area contributed by atoms with Crippen LogP contribution in [0.2, 0.25) is 5.02 Å². The Balaban J connectivity index is 1.72. The molecule has 3 aromatic rings.